The van der Waals surface area contributed by atoms with Gasteiger partial charge >= 0.3 is 0 Å². The molecule has 0 bridgehead atoms. The van der Waals surface area contributed by atoms with E-state index in [-0.39, 0.29) is 5.91 Å². The smallest absolute Gasteiger partial charge is 0.264 e. The number of rotatable bonds is 3. The Bertz CT molecular complexity index is 910. The predicted molar refractivity (Wildman–Crippen MR) is 105 cm³/mol. The van der Waals surface area contributed by atoms with Gasteiger partial charge in [-0.15, -0.1) is 0 Å². The summed E-state index contributed by atoms with van der Waals surface area (Å²) in [5, 5.41) is 4.50. The van der Waals surface area contributed by atoms with Crippen LogP contribution in [0.4, 0.5) is 5.69 Å². The number of amides is 1. The quantitative estimate of drug-likeness (QED) is 0.729. The third kappa shape index (κ3) is 4.18. The van der Waals surface area contributed by atoms with Crippen LogP contribution in [0.3, 0.4) is 0 Å². The Morgan fingerprint density at radius 3 is 2.60 bits per heavy atom. The van der Waals surface area contributed by atoms with Crippen LogP contribution in [0.2, 0.25) is 10.0 Å². The summed E-state index contributed by atoms with van der Waals surface area (Å²) in [6.07, 6.45) is 1.74. The van der Waals surface area contributed by atoms with Gasteiger partial charge < -0.3 is 10.1 Å². The molecule has 4 nitrogen and oxygen atoms in total. The topological polar surface area (TPSA) is 50.7 Å². The Kier molecular flexibility index (Phi) is 5.37. The standard InChI is InChI=1S/C18H14Cl2N2O2S/c1-10-7-12(19)3-5-14(10)21-18-22-17(23)16(25-18)9-11-8-13(20)4-6-15(11)24-2/h3-9H,1-2H3,(H,21,22,23)/b16-9-. The zero-order valence-corrected chi connectivity index (χ0v) is 15.8. The first-order valence-electron chi connectivity index (χ1n) is 7.35. The van der Waals surface area contributed by atoms with Crippen molar-refractivity contribution >= 4 is 57.8 Å². The van der Waals surface area contributed by atoms with Crippen molar-refractivity contribution < 1.29 is 9.53 Å². The summed E-state index contributed by atoms with van der Waals surface area (Å²) in [4.78, 5) is 17.2. The second-order valence-electron chi connectivity index (χ2n) is 5.30. The van der Waals surface area contributed by atoms with Crippen molar-refractivity contribution in [2.75, 3.05) is 7.11 Å². The molecule has 0 spiro atoms. The molecule has 1 aliphatic rings. The van der Waals surface area contributed by atoms with Crippen molar-refractivity contribution in [3.63, 3.8) is 0 Å². The summed E-state index contributed by atoms with van der Waals surface area (Å²) in [6.45, 7) is 1.92. The van der Waals surface area contributed by atoms with Gasteiger partial charge in [0.05, 0.1) is 17.7 Å². The third-order valence-electron chi connectivity index (χ3n) is 3.51. The Labute approximate surface area is 159 Å². The van der Waals surface area contributed by atoms with Gasteiger partial charge in [0.1, 0.15) is 5.75 Å². The number of methoxy groups -OCH3 is 1. The molecule has 3 rings (SSSR count). The van der Waals surface area contributed by atoms with E-state index < -0.39 is 0 Å². The maximum absolute atomic E-state index is 12.2. The maximum atomic E-state index is 12.2. The summed E-state index contributed by atoms with van der Waals surface area (Å²) in [6, 6.07) is 10.7. The molecule has 0 aromatic heterocycles. The summed E-state index contributed by atoms with van der Waals surface area (Å²) in [5.74, 6) is 0.432. The molecule has 0 saturated carbocycles. The van der Waals surface area contributed by atoms with Gasteiger partial charge in [0.25, 0.3) is 5.91 Å². The summed E-state index contributed by atoms with van der Waals surface area (Å²) >= 11 is 13.3. The highest BCUT2D eigenvalue weighted by Gasteiger charge is 2.24. The molecule has 2 aromatic rings. The van der Waals surface area contributed by atoms with Crippen molar-refractivity contribution in [3.8, 4) is 5.75 Å². The Hall–Kier alpha value is -1.95. The number of carbonyl (C=O) groups excluding carboxylic acids is 1. The molecular formula is C18H14Cl2N2O2S. The van der Waals surface area contributed by atoms with E-state index in [1.54, 1.807) is 37.5 Å². The minimum atomic E-state index is -0.211. The van der Waals surface area contributed by atoms with Crippen LogP contribution in [-0.4, -0.2) is 18.2 Å². The van der Waals surface area contributed by atoms with Crippen molar-refractivity contribution in [2.24, 2.45) is 4.99 Å². The van der Waals surface area contributed by atoms with Crippen molar-refractivity contribution in [1.29, 1.82) is 0 Å². The van der Waals surface area contributed by atoms with Gasteiger partial charge in [-0.1, -0.05) is 23.2 Å². The Balaban J connectivity index is 1.90. The third-order valence-corrected chi connectivity index (χ3v) is 4.89. The van der Waals surface area contributed by atoms with E-state index >= 15 is 0 Å². The van der Waals surface area contributed by atoms with Crippen molar-refractivity contribution in [2.45, 2.75) is 6.92 Å². The highest BCUT2D eigenvalue weighted by Crippen LogP contribution is 2.32. The van der Waals surface area contributed by atoms with Gasteiger partial charge in [-0.25, -0.2) is 4.99 Å². The molecule has 1 fully saturated rings. The first kappa shape index (κ1) is 17.9. The highest BCUT2D eigenvalue weighted by molar-refractivity contribution is 8.18. The molecule has 1 aliphatic heterocycles. The fourth-order valence-corrected chi connectivity index (χ4v) is 3.53. The van der Waals surface area contributed by atoms with E-state index in [2.05, 4.69) is 10.3 Å². The van der Waals surface area contributed by atoms with Crippen LogP contribution in [0.1, 0.15) is 11.1 Å². The van der Waals surface area contributed by atoms with Gasteiger partial charge in [-0.3, -0.25) is 4.79 Å². The number of hydrogen-bond donors (Lipinski definition) is 1. The minimum Gasteiger partial charge on any atom is -0.496 e. The first-order chi connectivity index (χ1) is 12.0. The molecule has 1 N–H and O–H groups in total. The van der Waals surface area contributed by atoms with Crippen LogP contribution in [-0.2, 0) is 4.79 Å². The molecule has 128 valence electrons. The average molecular weight is 393 g/mol. The molecule has 1 amide bonds. The zero-order chi connectivity index (χ0) is 18.0. The molecular weight excluding hydrogens is 379 g/mol. The van der Waals surface area contributed by atoms with E-state index in [0.29, 0.717) is 25.9 Å². The van der Waals surface area contributed by atoms with Gasteiger partial charge in [-0.05, 0) is 66.7 Å². The van der Waals surface area contributed by atoms with Crippen LogP contribution in [0.15, 0.2) is 46.3 Å². The van der Waals surface area contributed by atoms with Gasteiger partial charge in [0.15, 0.2) is 5.17 Å². The fourth-order valence-electron chi connectivity index (χ4n) is 2.29. The van der Waals surface area contributed by atoms with E-state index in [4.69, 9.17) is 27.9 Å². The molecule has 1 heterocycles. The van der Waals surface area contributed by atoms with Crippen molar-refractivity contribution in [3.05, 3.63) is 62.5 Å². The number of aliphatic imine (C=N–C) groups is 1. The lowest BCUT2D eigenvalue weighted by atomic mass is 10.2. The molecule has 1 saturated heterocycles. The number of halogens is 2. The number of aryl methyl sites for hydroxylation is 1. The van der Waals surface area contributed by atoms with Crippen molar-refractivity contribution in [1.82, 2.24) is 5.32 Å². The summed E-state index contributed by atoms with van der Waals surface area (Å²) < 4.78 is 5.31. The zero-order valence-electron chi connectivity index (χ0n) is 13.5. The normalized spacial score (nSPS) is 17.2. The Morgan fingerprint density at radius 2 is 1.88 bits per heavy atom. The first-order valence-corrected chi connectivity index (χ1v) is 8.93. The van der Waals surface area contributed by atoms with Gasteiger partial charge in [-0.2, -0.15) is 0 Å². The lowest BCUT2D eigenvalue weighted by molar-refractivity contribution is -0.115. The molecule has 2 aromatic carbocycles. The summed E-state index contributed by atoms with van der Waals surface area (Å²) in [5.41, 5.74) is 2.43. The number of ether oxygens (including phenoxy) is 1. The Morgan fingerprint density at radius 1 is 1.16 bits per heavy atom. The molecule has 7 heteroatoms. The number of hydrogen-bond acceptors (Lipinski definition) is 4. The predicted octanol–water partition coefficient (Wildman–Crippen LogP) is 5.20. The van der Waals surface area contributed by atoms with E-state index in [1.165, 1.54) is 11.8 Å². The second kappa shape index (κ2) is 7.52. The number of nitrogens with zero attached hydrogens (tertiary/aromatic N) is 1. The van der Waals surface area contributed by atoms with Crippen LogP contribution >= 0.6 is 35.0 Å². The minimum absolute atomic E-state index is 0.211. The number of carbonyl (C=O) groups is 1. The largest absolute Gasteiger partial charge is 0.496 e. The lowest BCUT2D eigenvalue weighted by Crippen LogP contribution is -2.19. The van der Waals surface area contributed by atoms with E-state index in [0.717, 1.165) is 16.8 Å². The monoisotopic (exact) mass is 392 g/mol. The number of thioether (sulfide) groups is 1. The van der Waals surface area contributed by atoms with Gasteiger partial charge in [0.2, 0.25) is 0 Å². The molecule has 0 radical (unpaired) electrons. The van der Waals surface area contributed by atoms with E-state index in [1.807, 2.05) is 19.1 Å². The van der Waals surface area contributed by atoms with Crippen LogP contribution < -0.4 is 10.1 Å². The summed E-state index contributed by atoms with van der Waals surface area (Å²) in [7, 11) is 1.57. The SMILES string of the molecule is COc1ccc(Cl)cc1/C=C1\SC(=Nc2ccc(Cl)cc2C)NC1=O. The number of benzene rings is 2. The average Bonchev–Trinajstić information content (AvgIpc) is 2.90. The molecule has 0 aliphatic carbocycles. The number of amidine groups is 1. The van der Waals surface area contributed by atoms with Crippen LogP contribution in [0, 0.1) is 6.92 Å². The fraction of sp³-hybridized carbons (Fsp3) is 0.111. The molecule has 0 unspecified atom stereocenters. The second-order valence-corrected chi connectivity index (χ2v) is 7.20. The highest BCUT2D eigenvalue weighted by atomic mass is 35.5. The number of nitrogens with one attached hydrogen (secondary N) is 1. The molecule has 25 heavy (non-hydrogen) atoms. The molecule has 0 atom stereocenters. The van der Waals surface area contributed by atoms with E-state index in [9.17, 15) is 4.79 Å². The van der Waals surface area contributed by atoms with Gasteiger partial charge in [0, 0.05) is 15.6 Å². The van der Waals surface area contributed by atoms with Crippen LogP contribution in [0.25, 0.3) is 6.08 Å². The lowest BCUT2D eigenvalue weighted by Gasteiger charge is -2.05. The van der Waals surface area contributed by atoms with Crippen LogP contribution in [0.5, 0.6) is 5.75 Å². The maximum Gasteiger partial charge on any atom is 0.264 e.